The molecule has 5 heteroatoms. The Balaban J connectivity index is 1.95. The molecule has 1 aliphatic carbocycles. The van der Waals surface area contributed by atoms with E-state index in [9.17, 15) is 0 Å². The Hall–Kier alpha value is -1.03. The predicted molar refractivity (Wildman–Crippen MR) is 87.6 cm³/mol. The molecule has 1 aromatic heterocycles. The first-order chi connectivity index (χ1) is 10.2. The van der Waals surface area contributed by atoms with E-state index in [4.69, 9.17) is 23.2 Å². The van der Waals surface area contributed by atoms with Crippen LogP contribution < -0.4 is 5.32 Å². The maximum Gasteiger partial charge on any atom is 0.0664 e. The summed E-state index contributed by atoms with van der Waals surface area (Å²) in [6.45, 7) is 3.23. The van der Waals surface area contributed by atoms with Gasteiger partial charge in [-0.2, -0.15) is 5.10 Å². The van der Waals surface area contributed by atoms with Crippen molar-refractivity contribution in [2.24, 2.45) is 0 Å². The molecular weight excluding hydrogens is 305 g/mol. The van der Waals surface area contributed by atoms with Gasteiger partial charge in [-0.15, -0.1) is 0 Å². The molecule has 1 aliphatic rings. The molecule has 0 bridgehead atoms. The Morgan fingerprint density at radius 1 is 1.33 bits per heavy atom. The lowest BCUT2D eigenvalue weighted by atomic mass is 9.93. The minimum Gasteiger partial charge on any atom is -0.310 e. The van der Waals surface area contributed by atoms with E-state index in [0.29, 0.717) is 16.1 Å². The Bertz CT molecular complexity index is 636. The zero-order valence-electron chi connectivity index (χ0n) is 12.1. The van der Waals surface area contributed by atoms with Gasteiger partial charge in [0.05, 0.1) is 21.9 Å². The largest absolute Gasteiger partial charge is 0.310 e. The van der Waals surface area contributed by atoms with Crippen molar-refractivity contribution in [2.45, 2.75) is 38.6 Å². The first kappa shape index (κ1) is 14.9. The number of benzene rings is 1. The third-order valence-electron chi connectivity index (χ3n) is 3.97. The van der Waals surface area contributed by atoms with Gasteiger partial charge in [0.2, 0.25) is 0 Å². The molecule has 1 atom stereocenters. The average molecular weight is 324 g/mol. The van der Waals surface area contributed by atoms with Crippen molar-refractivity contribution < 1.29 is 0 Å². The lowest BCUT2D eigenvalue weighted by Gasteiger charge is -2.24. The van der Waals surface area contributed by atoms with E-state index in [2.05, 4.69) is 17.3 Å². The molecular formula is C16H19Cl2N3. The average Bonchev–Trinajstić information content (AvgIpc) is 2.92. The van der Waals surface area contributed by atoms with E-state index in [1.54, 1.807) is 0 Å². The second kappa shape index (κ2) is 6.39. The molecule has 0 saturated heterocycles. The fourth-order valence-electron chi connectivity index (χ4n) is 2.93. The highest BCUT2D eigenvalue weighted by molar-refractivity contribution is 6.42. The van der Waals surface area contributed by atoms with Crippen LogP contribution in [0.25, 0.3) is 5.69 Å². The fourth-order valence-corrected chi connectivity index (χ4v) is 3.22. The summed E-state index contributed by atoms with van der Waals surface area (Å²) in [4.78, 5) is 0. The van der Waals surface area contributed by atoms with Crippen LogP contribution in [0.3, 0.4) is 0 Å². The molecule has 1 N–H and O–H groups in total. The Kier molecular flexibility index (Phi) is 4.53. The van der Waals surface area contributed by atoms with Crippen LogP contribution in [0.4, 0.5) is 0 Å². The van der Waals surface area contributed by atoms with Gasteiger partial charge in [-0.1, -0.05) is 30.1 Å². The molecule has 0 amide bonds. The van der Waals surface area contributed by atoms with Gasteiger partial charge in [0, 0.05) is 17.3 Å². The maximum atomic E-state index is 6.13. The second-order valence-electron chi connectivity index (χ2n) is 5.46. The van der Waals surface area contributed by atoms with Crippen LogP contribution in [0.5, 0.6) is 0 Å². The van der Waals surface area contributed by atoms with Crippen LogP contribution in [0.2, 0.25) is 10.0 Å². The summed E-state index contributed by atoms with van der Waals surface area (Å²) < 4.78 is 2.00. The van der Waals surface area contributed by atoms with E-state index >= 15 is 0 Å². The lowest BCUT2D eigenvalue weighted by Crippen LogP contribution is -2.25. The summed E-state index contributed by atoms with van der Waals surface area (Å²) in [5, 5.41) is 9.32. The van der Waals surface area contributed by atoms with Crippen LogP contribution in [-0.2, 0) is 6.42 Å². The second-order valence-corrected chi connectivity index (χ2v) is 6.27. The number of halogens is 2. The molecule has 1 heterocycles. The molecule has 3 rings (SSSR count). The standard InChI is InChI=1S/C16H19Cl2N3/c1-2-8-19-15-4-3-5-16-12(15)10-20-21(16)11-6-7-13(17)14(18)9-11/h6-7,9-10,15,19H,2-5,8H2,1H3. The highest BCUT2D eigenvalue weighted by Gasteiger charge is 2.24. The van der Waals surface area contributed by atoms with Crippen molar-refractivity contribution in [3.05, 3.63) is 45.7 Å². The molecule has 2 aromatic rings. The van der Waals surface area contributed by atoms with E-state index < -0.39 is 0 Å². The summed E-state index contributed by atoms with van der Waals surface area (Å²) in [5.41, 5.74) is 3.58. The van der Waals surface area contributed by atoms with Crippen molar-refractivity contribution in [1.29, 1.82) is 0 Å². The fraction of sp³-hybridized carbons (Fsp3) is 0.438. The Morgan fingerprint density at radius 2 is 2.19 bits per heavy atom. The minimum atomic E-state index is 0.422. The van der Waals surface area contributed by atoms with Gasteiger partial charge in [-0.25, -0.2) is 4.68 Å². The first-order valence-corrected chi connectivity index (χ1v) is 8.22. The summed E-state index contributed by atoms with van der Waals surface area (Å²) in [6, 6.07) is 6.08. The van der Waals surface area contributed by atoms with Crippen LogP contribution >= 0.6 is 23.2 Å². The number of hydrogen-bond acceptors (Lipinski definition) is 2. The summed E-state index contributed by atoms with van der Waals surface area (Å²) in [7, 11) is 0. The van der Waals surface area contributed by atoms with Crippen LogP contribution in [0.15, 0.2) is 24.4 Å². The molecule has 0 fully saturated rings. The van der Waals surface area contributed by atoms with Crippen molar-refractivity contribution in [3.63, 3.8) is 0 Å². The Labute approximate surface area is 135 Å². The van der Waals surface area contributed by atoms with E-state index in [1.807, 2.05) is 29.1 Å². The maximum absolute atomic E-state index is 6.13. The number of nitrogens with zero attached hydrogens (tertiary/aromatic N) is 2. The number of aromatic nitrogens is 2. The number of nitrogens with one attached hydrogen (secondary N) is 1. The summed E-state index contributed by atoms with van der Waals surface area (Å²) in [6.07, 6.45) is 6.55. The zero-order valence-corrected chi connectivity index (χ0v) is 13.6. The highest BCUT2D eigenvalue weighted by atomic mass is 35.5. The summed E-state index contributed by atoms with van der Waals surface area (Å²) in [5.74, 6) is 0. The third-order valence-corrected chi connectivity index (χ3v) is 4.71. The van der Waals surface area contributed by atoms with Crippen molar-refractivity contribution in [2.75, 3.05) is 6.54 Å². The van der Waals surface area contributed by atoms with Gasteiger partial charge in [0.15, 0.2) is 0 Å². The van der Waals surface area contributed by atoms with Crippen molar-refractivity contribution >= 4 is 23.2 Å². The smallest absolute Gasteiger partial charge is 0.0664 e. The van der Waals surface area contributed by atoms with Crippen molar-refractivity contribution in [3.8, 4) is 5.69 Å². The van der Waals surface area contributed by atoms with Crippen LogP contribution in [0, 0.1) is 0 Å². The van der Waals surface area contributed by atoms with Gasteiger partial charge in [0.1, 0.15) is 0 Å². The number of fused-ring (bicyclic) bond motifs is 1. The SMILES string of the molecule is CCCNC1CCCc2c1cnn2-c1ccc(Cl)c(Cl)c1. The van der Waals surface area contributed by atoms with E-state index in [1.165, 1.54) is 24.1 Å². The third kappa shape index (κ3) is 2.96. The van der Waals surface area contributed by atoms with Crippen LogP contribution in [0.1, 0.15) is 43.5 Å². The molecule has 1 unspecified atom stereocenters. The molecule has 3 nitrogen and oxygen atoms in total. The molecule has 21 heavy (non-hydrogen) atoms. The van der Waals surface area contributed by atoms with Gasteiger partial charge in [-0.3, -0.25) is 0 Å². The van der Waals surface area contributed by atoms with E-state index in [0.717, 1.165) is 25.1 Å². The predicted octanol–water partition coefficient (Wildman–Crippen LogP) is 4.56. The minimum absolute atomic E-state index is 0.422. The van der Waals surface area contributed by atoms with Gasteiger partial charge >= 0.3 is 0 Å². The summed E-state index contributed by atoms with van der Waals surface area (Å²) >= 11 is 12.1. The van der Waals surface area contributed by atoms with E-state index in [-0.39, 0.29) is 0 Å². The highest BCUT2D eigenvalue weighted by Crippen LogP contribution is 2.32. The molecule has 0 radical (unpaired) electrons. The number of hydrogen-bond donors (Lipinski definition) is 1. The molecule has 0 aliphatic heterocycles. The molecule has 0 saturated carbocycles. The molecule has 0 spiro atoms. The Morgan fingerprint density at radius 3 is 2.95 bits per heavy atom. The normalized spacial score (nSPS) is 17.8. The van der Waals surface area contributed by atoms with Gasteiger partial charge in [0.25, 0.3) is 0 Å². The monoisotopic (exact) mass is 323 g/mol. The zero-order chi connectivity index (χ0) is 14.8. The van der Waals surface area contributed by atoms with Crippen LogP contribution in [-0.4, -0.2) is 16.3 Å². The quantitative estimate of drug-likeness (QED) is 0.894. The topological polar surface area (TPSA) is 29.9 Å². The lowest BCUT2D eigenvalue weighted by molar-refractivity contribution is 0.456. The first-order valence-electron chi connectivity index (χ1n) is 7.46. The van der Waals surface area contributed by atoms with Gasteiger partial charge in [-0.05, 0) is 50.4 Å². The van der Waals surface area contributed by atoms with Crippen molar-refractivity contribution in [1.82, 2.24) is 15.1 Å². The molecule has 1 aromatic carbocycles. The number of rotatable bonds is 4. The molecule has 112 valence electrons. The van der Waals surface area contributed by atoms with Gasteiger partial charge < -0.3 is 5.32 Å².